The summed E-state index contributed by atoms with van der Waals surface area (Å²) in [6.45, 7) is 0. The summed E-state index contributed by atoms with van der Waals surface area (Å²) in [6, 6.07) is 0. The molecule has 1 aliphatic rings. The van der Waals surface area contributed by atoms with Crippen LogP contribution in [0.3, 0.4) is 0 Å². The summed E-state index contributed by atoms with van der Waals surface area (Å²) in [5.41, 5.74) is 3.12. The predicted octanol–water partition coefficient (Wildman–Crippen LogP) is 1.38. The van der Waals surface area contributed by atoms with Crippen LogP contribution in [0.4, 0.5) is 0 Å². The number of hydrogen-bond acceptors (Lipinski definition) is 3. The van der Waals surface area contributed by atoms with E-state index in [0.717, 1.165) is 0 Å². The van der Waals surface area contributed by atoms with Gasteiger partial charge >= 0.3 is 0 Å². The van der Waals surface area contributed by atoms with E-state index in [1.165, 1.54) is 25.0 Å². The third-order valence-corrected chi connectivity index (χ3v) is 2.62. The third-order valence-electron chi connectivity index (χ3n) is 1.39. The quantitative estimate of drug-likeness (QED) is 0.596. The molecule has 1 rings (SSSR count). The molecule has 3 heteroatoms. The first kappa shape index (κ1) is 7.38. The molecule has 0 aromatic rings. The Morgan fingerprint density at radius 2 is 2.44 bits per heavy atom. The highest BCUT2D eigenvalue weighted by atomic mass is 32.2. The van der Waals surface area contributed by atoms with Gasteiger partial charge in [-0.25, -0.2) is 5.48 Å². The molecule has 0 spiro atoms. The van der Waals surface area contributed by atoms with Crippen molar-refractivity contribution < 1.29 is 4.84 Å². The van der Waals surface area contributed by atoms with Gasteiger partial charge in [-0.1, -0.05) is 0 Å². The normalized spacial score (nSPS) is 28.3. The molecule has 0 aliphatic carbocycles. The van der Waals surface area contributed by atoms with Gasteiger partial charge < -0.3 is 0 Å². The summed E-state index contributed by atoms with van der Waals surface area (Å²) in [5.74, 6) is 1.26. The van der Waals surface area contributed by atoms with Crippen molar-refractivity contribution in [2.45, 2.75) is 24.7 Å². The van der Waals surface area contributed by atoms with E-state index in [0.29, 0.717) is 5.44 Å². The monoisotopic (exact) mass is 147 g/mol. The number of rotatable bonds is 2. The molecule has 0 bridgehead atoms. The maximum Gasteiger partial charge on any atom is 0.124 e. The molecule has 1 fully saturated rings. The Morgan fingerprint density at radius 3 is 3.00 bits per heavy atom. The van der Waals surface area contributed by atoms with E-state index in [4.69, 9.17) is 4.84 Å². The molecule has 2 nitrogen and oxygen atoms in total. The fourth-order valence-electron chi connectivity index (χ4n) is 0.936. The molecule has 1 aliphatic heterocycles. The van der Waals surface area contributed by atoms with E-state index in [2.05, 4.69) is 5.48 Å². The van der Waals surface area contributed by atoms with Crippen molar-refractivity contribution >= 4 is 11.8 Å². The summed E-state index contributed by atoms with van der Waals surface area (Å²) in [6.07, 6.45) is 3.87. The minimum Gasteiger partial charge on any atom is -0.288 e. The number of hydrogen-bond donors (Lipinski definition) is 1. The summed E-state index contributed by atoms with van der Waals surface area (Å²) < 4.78 is 0. The number of hydroxylamine groups is 1. The van der Waals surface area contributed by atoms with Gasteiger partial charge in [0.05, 0.1) is 0 Å². The smallest absolute Gasteiger partial charge is 0.124 e. The predicted molar refractivity (Wildman–Crippen MR) is 40.2 cm³/mol. The van der Waals surface area contributed by atoms with Gasteiger partial charge in [0.2, 0.25) is 0 Å². The molecule has 9 heavy (non-hydrogen) atoms. The van der Waals surface area contributed by atoms with Crippen molar-refractivity contribution in [2.75, 3.05) is 12.8 Å². The van der Waals surface area contributed by atoms with Crippen LogP contribution in [-0.2, 0) is 4.84 Å². The third kappa shape index (κ3) is 2.56. The first-order valence-corrected chi connectivity index (χ1v) is 4.42. The van der Waals surface area contributed by atoms with Crippen LogP contribution in [0.2, 0.25) is 0 Å². The van der Waals surface area contributed by atoms with Crippen LogP contribution in [0.25, 0.3) is 0 Å². The van der Waals surface area contributed by atoms with Crippen molar-refractivity contribution in [3.8, 4) is 0 Å². The minimum atomic E-state index is 0.406. The molecule has 0 radical (unpaired) electrons. The lowest BCUT2D eigenvalue weighted by Gasteiger charge is -2.19. The zero-order chi connectivity index (χ0) is 6.53. The van der Waals surface area contributed by atoms with Crippen LogP contribution >= 0.6 is 11.8 Å². The van der Waals surface area contributed by atoms with Crippen LogP contribution in [-0.4, -0.2) is 18.2 Å². The second-order valence-corrected chi connectivity index (χ2v) is 3.39. The largest absolute Gasteiger partial charge is 0.288 e. The van der Waals surface area contributed by atoms with Crippen molar-refractivity contribution in [2.24, 2.45) is 0 Å². The average molecular weight is 147 g/mol. The molecule has 1 saturated heterocycles. The topological polar surface area (TPSA) is 21.3 Å². The first-order valence-electron chi connectivity index (χ1n) is 3.37. The molecule has 0 aromatic carbocycles. The first-order chi connectivity index (χ1) is 4.43. The average Bonchev–Trinajstić information content (AvgIpc) is 1.91. The lowest BCUT2D eigenvalue weighted by Crippen LogP contribution is -2.20. The Hall–Kier alpha value is 0.270. The molecular weight excluding hydrogens is 134 g/mol. The van der Waals surface area contributed by atoms with Gasteiger partial charge in [-0.05, 0) is 25.0 Å². The van der Waals surface area contributed by atoms with Gasteiger partial charge in [-0.3, -0.25) is 4.84 Å². The highest BCUT2D eigenvalue weighted by molar-refractivity contribution is 7.99. The SMILES string of the molecule is CNOC1CCCCS1. The molecule has 54 valence electrons. The van der Waals surface area contributed by atoms with E-state index < -0.39 is 0 Å². The molecular formula is C6H13NOS. The van der Waals surface area contributed by atoms with E-state index in [9.17, 15) is 0 Å². The molecule has 0 saturated carbocycles. The minimum absolute atomic E-state index is 0.406. The highest BCUT2D eigenvalue weighted by Gasteiger charge is 2.12. The van der Waals surface area contributed by atoms with Gasteiger partial charge in [0.1, 0.15) is 5.44 Å². The Morgan fingerprint density at radius 1 is 1.56 bits per heavy atom. The van der Waals surface area contributed by atoms with Crippen molar-refractivity contribution in [1.29, 1.82) is 0 Å². The summed E-state index contributed by atoms with van der Waals surface area (Å²) in [5, 5.41) is 0. The Bertz CT molecular complexity index is 70.7. The number of thioether (sulfide) groups is 1. The van der Waals surface area contributed by atoms with Gasteiger partial charge in [-0.15, -0.1) is 11.8 Å². The number of nitrogens with one attached hydrogen (secondary N) is 1. The highest BCUT2D eigenvalue weighted by Crippen LogP contribution is 2.24. The lowest BCUT2D eigenvalue weighted by molar-refractivity contribution is 0.0318. The fourth-order valence-corrected chi connectivity index (χ4v) is 2.07. The lowest BCUT2D eigenvalue weighted by atomic mass is 10.2. The van der Waals surface area contributed by atoms with Crippen LogP contribution in [0.15, 0.2) is 0 Å². The van der Waals surface area contributed by atoms with Crippen molar-refractivity contribution in [3.05, 3.63) is 0 Å². The van der Waals surface area contributed by atoms with E-state index in [1.54, 1.807) is 0 Å². The van der Waals surface area contributed by atoms with Gasteiger partial charge in [0.25, 0.3) is 0 Å². The van der Waals surface area contributed by atoms with E-state index >= 15 is 0 Å². The maximum atomic E-state index is 5.20. The molecule has 0 amide bonds. The second kappa shape index (κ2) is 4.14. The molecule has 1 N–H and O–H groups in total. The van der Waals surface area contributed by atoms with E-state index in [-0.39, 0.29) is 0 Å². The van der Waals surface area contributed by atoms with Crippen molar-refractivity contribution in [1.82, 2.24) is 5.48 Å². The Kier molecular flexibility index (Phi) is 3.40. The summed E-state index contributed by atoms with van der Waals surface area (Å²) in [4.78, 5) is 5.20. The van der Waals surface area contributed by atoms with Gasteiger partial charge in [0.15, 0.2) is 0 Å². The molecule has 1 atom stereocenters. The van der Waals surface area contributed by atoms with Crippen LogP contribution in [0.1, 0.15) is 19.3 Å². The molecule has 1 heterocycles. The van der Waals surface area contributed by atoms with Crippen LogP contribution in [0.5, 0.6) is 0 Å². The Labute approximate surface area is 60.3 Å². The van der Waals surface area contributed by atoms with Gasteiger partial charge in [-0.2, -0.15) is 0 Å². The van der Waals surface area contributed by atoms with Gasteiger partial charge in [0, 0.05) is 7.05 Å². The molecule has 1 unspecified atom stereocenters. The maximum absolute atomic E-state index is 5.20. The van der Waals surface area contributed by atoms with Crippen LogP contribution < -0.4 is 5.48 Å². The van der Waals surface area contributed by atoms with E-state index in [1.807, 2.05) is 18.8 Å². The summed E-state index contributed by atoms with van der Waals surface area (Å²) in [7, 11) is 1.81. The fraction of sp³-hybridized carbons (Fsp3) is 1.00. The second-order valence-electron chi connectivity index (χ2n) is 2.12. The summed E-state index contributed by atoms with van der Waals surface area (Å²) >= 11 is 1.90. The standard InChI is InChI=1S/C6H13NOS/c1-7-8-6-4-2-3-5-9-6/h6-7H,2-5H2,1H3. The van der Waals surface area contributed by atoms with Crippen LogP contribution in [0, 0.1) is 0 Å². The zero-order valence-corrected chi connectivity index (χ0v) is 6.54. The van der Waals surface area contributed by atoms with Crippen molar-refractivity contribution in [3.63, 3.8) is 0 Å². The Balaban J connectivity index is 2.08. The molecule has 0 aromatic heterocycles. The zero-order valence-electron chi connectivity index (χ0n) is 5.72.